The van der Waals surface area contributed by atoms with Gasteiger partial charge in [0, 0.05) is 24.3 Å². The van der Waals surface area contributed by atoms with Crippen molar-refractivity contribution in [1.82, 2.24) is 25.5 Å². The lowest BCUT2D eigenvalue weighted by Gasteiger charge is -2.00. The Morgan fingerprint density at radius 1 is 1.47 bits per heavy atom. The van der Waals surface area contributed by atoms with E-state index in [1.165, 1.54) is 0 Å². The highest BCUT2D eigenvalue weighted by molar-refractivity contribution is 7.09. The van der Waals surface area contributed by atoms with Gasteiger partial charge < -0.3 is 5.32 Å². The summed E-state index contributed by atoms with van der Waals surface area (Å²) in [6.07, 6.45) is 0.720. The molecule has 0 atom stereocenters. The van der Waals surface area contributed by atoms with Crippen molar-refractivity contribution in [2.24, 2.45) is 0 Å². The maximum atomic E-state index is 11.8. The van der Waals surface area contributed by atoms with Gasteiger partial charge in [0.2, 0.25) is 5.82 Å². The molecule has 0 aliphatic heterocycles. The molecular weight excluding hydrogens is 262 g/mol. The highest BCUT2D eigenvalue weighted by Gasteiger charge is 2.13. The maximum absolute atomic E-state index is 11.8. The number of rotatable bonds is 5. The lowest BCUT2D eigenvalue weighted by molar-refractivity contribution is 0.0944. The summed E-state index contributed by atoms with van der Waals surface area (Å²) in [5.74, 6) is 0.889. The third kappa shape index (κ3) is 3.60. The Hall–Kier alpha value is -1.76. The van der Waals surface area contributed by atoms with Crippen LogP contribution in [0.4, 0.5) is 0 Å². The Morgan fingerprint density at radius 2 is 2.26 bits per heavy atom. The fourth-order valence-electron chi connectivity index (χ4n) is 1.54. The van der Waals surface area contributed by atoms with Crippen molar-refractivity contribution in [3.63, 3.8) is 0 Å². The molecule has 2 N–H and O–H groups in total. The molecular formula is C12H17N5OS. The van der Waals surface area contributed by atoms with Crippen molar-refractivity contribution in [3.8, 4) is 0 Å². The normalized spacial score (nSPS) is 10.9. The van der Waals surface area contributed by atoms with Gasteiger partial charge in [-0.1, -0.05) is 13.8 Å². The van der Waals surface area contributed by atoms with Crippen LogP contribution in [0.2, 0.25) is 0 Å². The topological polar surface area (TPSA) is 83.6 Å². The Kier molecular flexibility index (Phi) is 4.26. The van der Waals surface area contributed by atoms with Gasteiger partial charge in [0.05, 0.1) is 10.7 Å². The number of thiazole rings is 1. The molecule has 0 radical (unpaired) electrons. The fourth-order valence-corrected chi connectivity index (χ4v) is 2.19. The van der Waals surface area contributed by atoms with Crippen LogP contribution < -0.4 is 5.32 Å². The van der Waals surface area contributed by atoms with E-state index >= 15 is 0 Å². The van der Waals surface area contributed by atoms with Crippen molar-refractivity contribution in [2.75, 3.05) is 6.54 Å². The summed E-state index contributed by atoms with van der Waals surface area (Å²) >= 11 is 1.61. The first kappa shape index (κ1) is 13.7. The quantitative estimate of drug-likeness (QED) is 0.872. The molecule has 19 heavy (non-hydrogen) atoms. The summed E-state index contributed by atoms with van der Waals surface area (Å²) in [5, 5.41) is 12.5. The molecule has 0 saturated heterocycles. The zero-order valence-electron chi connectivity index (χ0n) is 11.2. The highest BCUT2D eigenvalue weighted by atomic mass is 32.1. The summed E-state index contributed by atoms with van der Waals surface area (Å²) in [6.45, 7) is 6.49. The predicted octanol–water partition coefficient (Wildman–Crippen LogP) is 1.67. The van der Waals surface area contributed by atoms with E-state index in [9.17, 15) is 4.79 Å². The minimum Gasteiger partial charge on any atom is -0.349 e. The number of hydrogen-bond acceptors (Lipinski definition) is 5. The van der Waals surface area contributed by atoms with Gasteiger partial charge in [-0.25, -0.2) is 9.97 Å². The molecule has 0 unspecified atom stereocenters. The second-order valence-electron chi connectivity index (χ2n) is 4.56. The lowest BCUT2D eigenvalue weighted by Crippen LogP contribution is -2.26. The number of carbonyl (C=O) groups excluding carboxylic acids is 1. The molecule has 1 amide bonds. The minimum absolute atomic E-state index is 0.193. The van der Waals surface area contributed by atoms with Crippen LogP contribution in [0.1, 0.15) is 46.9 Å². The van der Waals surface area contributed by atoms with Crippen molar-refractivity contribution >= 4 is 17.2 Å². The van der Waals surface area contributed by atoms with Crippen LogP contribution in [0.3, 0.4) is 0 Å². The standard InChI is InChI=1S/C12H17N5OS/c1-7(2)10-15-11(17-16-10)12(18)13-5-4-9-6-19-8(3)14-9/h6-7H,4-5H2,1-3H3,(H,13,18)(H,15,16,17). The monoisotopic (exact) mass is 279 g/mol. The molecule has 0 aliphatic carbocycles. The van der Waals surface area contributed by atoms with Gasteiger partial charge >= 0.3 is 0 Å². The highest BCUT2D eigenvalue weighted by Crippen LogP contribution is 2.08. The number of aryl methyl sites for hydroxylation is 1. The van der Waals surface area contributed by atoms with E-state index in [1.54, 1.807) is 11.3 Å². The first-order valence-corrected chi connectivity index (χ1v) is 7.05. The van der Waals surface area contributed by atoms with Crippen LogP contribution >= 0.6 is 11.3 Å². The zero-order valence-corrected chi connectivity index (χ0v) is 12.0. The van der Waals surface area contributed by atoms with Gasteiger partial charge in [0.1, 0.15) is 5.82 Å². The number of carbonyl (C=O) groups is 1. The number of H-pyrrole nitrogens is 1. The zero-order chi connectivity index (χ0) is 13.8. The van der Waals surface area contributed by atoms with Gasteiger partial charge in [-0.2, -0.15) is 0 Å². The van der Waals surface area contributed by atoms with Gasteiger partial charge in [0.15, 0.2) is 0 Å². The maximum Gasteiger partial charge on any atom is 0.290 e. The van der Waals surface area contributed by atoms with E-state index in [0.717, 1.165) is 22.9 Å². The number of hydrogen-bond donors (Lipinski definition) is 2. The second kappa shape index (κ2) is 5.92. The summed E-state index contributed by atoms with van der Waals surface area (Å²) in [4.78, 5) is 20.3. The number of nitrogens with zero attached hydrogens (tertiary/aromatic N) is 3. The molecule has 0 aliphatic rings. The second-order valence-corrected chi connectivity index (χ2v) is 5.62. The van der Waals surface area contributed by atoms with E-state index in [-0.39, 0.29) is 17.6 Å². The molecule has 0 spiro atoms. The number of aromatic nitrogens is 4. The molecule has 2 aromatic heterocycles. The SMILES string of the molecule is Cc1nc(CCNC(=O)c2n[nH]c(C(C)C)n2)cs1. The van der Waals surface area contributed by atoms with Crippen LogP contribution in [-0.4, -0.2) is 32.6 Å². The molecule has 2 aromatic rings. The van der Waals surface area contributed by atoms with E-state index < -0.39 is 0 Å². The third-order valence-corrected chi connectivity index (χ3v) is 3.41. The van der Waals surface area contributed by atoms with Gasteiger partial charge in [-0.3, -0.25) is 9.89 Å². The molecule has 0 fully saturated rings. The fraction of sp³-hybridized carbons (Fsp3) is 0.500. The van der Waals surface area contributed by atoms with Crippen LogP contribution in [0.15, 0.2) is 5.38 Å². The van der Waals surface area contributed by atoms with Crippen LogP contribution in [0.5, 0.6) is 0 Å². The number of nitrogens with one attached hydrogen (secondary N) is 2. The van der Waals surface area contributed by atoms with E-state index in [0.29, 0.717) is 6.54 Å². The molecule has 2 rings (SSSR count). The Morgan fingerprint density at radius 3 is 2.84 bits per heavy atom. The van der Waals surface area contributed by atoms with Crippen molar-refractivity contribution in [3.05, 3.63) is 27.7 Å². The summed E-state index contributed by atoms with van der Waals surface area (Å²) in [5.41, 5.74) is 1.00. The van der Waals surface area contributed by atoms with Crippen LogP contribution in [0.25, 0.3) is 0 Å². The first-order chi connectivity index (χ1) is 9.06. The molecule has 2 heterocycles. The molecule has 7 heteroatoms. The smallest absolute Gasteiger partial charge is 0.290 e. The number of amides is 1. The summed E-state index contributed by atoms with van der Waals surface area (Å²) in [7, 11) is 0. The number of aromatic amines is 1. The third-order valence-electron chi connectivity index (χ3n) is 2.59. The van der Waals surface area contributed by atoms with Crippen molar-refractivity contribution in [2.45, 2.75) is 33.1 Å². The van der Waals surface area contributed by atoms with Crippen LogP contribution in [-0.2, 0) is 6.42 Å². The Balaban J connectivity index is 1.83. The summed E-state index contributed by atoms with van der Waals surface area (Å²) in [6, 6.07) is 0. The van der Waals surface area contributed by atoms with E-state index in [1.807, 2.05) is 26.2 Å². The van der Waals surface area contributed by atoms with Crippen molar-refractivity contribution in [1.29, 1.82) is 0 Å². The van der Waals surface area contributed by atoms with Gasteiger partial charge in [-0.15, -0.1) is 16.4 Å². The van der Waals surface area contributed by atoms with Crippen molar-refractivity contribution < 1.29 is 4.79 Å². The van der Waals surface area contributed by atoms with Crippen LogP contribution in [0, 0.1) is 6.92 Å². The average Bonchev–Trinajstić information content (AvgIpc) is 2.98. The average molecular weight is 279 g/mol. The molecule has 6 nitrogen and oxygen atoms in total. The molecule has 0 bridgehead atoms. The Labute approximate surface area is 115 Å². The predicted molar refractivity (Wildman–Crippen MR) is 73.4 cm³/mol. The lowest BCUT2D eigenvalue weighted by atomic mass is 10.2. The Bertz CT molecular complexity index is 560. The largest absolute Gasteiger partial charge is 0.349 e. The minimum atomic E-state index is -0.255. The summed E-state index contributed by atoms with van der Waals surface area (Å²) < 4.78 is 0. The molecule has 102 valence electrons. The van der Waals surface area contributed by atoms with Gasteiger partial charge in [-0.05, 0) is 6.92 Å². The van der Waals surface area contributed by atoms with Gasteiger partial charge in [0.25, 0.3) is 5.91 Å². The van der Waals surface area contributed by atoms with E-state index in [4.69, 9.17) is 0 Å². The van der Waals surface area contributed by atoms with E-state index in [2.05, 4.69) is 25.5 Å². The molecule has 0 saturated carbocycles. The molecule has 0 aromatic carbocycles. The first-order valence-electron chi connectivity index (χ1n) is 6.17.